The van der Waals surface area contributed by atoms with Gasteiger partial charge in [0.05, 0.1) is 23.6 Å². The number of nitrogens with one attached hydrogen (secondary N) is 2. The highest BCUT2D eigenvalue weighted by Crippen LogP contribution is 2.16. The van der Waals surface area contributed by atoms with Crippen molar-refractivity contribution in [2.24, 2.45) is 0 Å². The van der Waals surface area contributed by atoms with Gasteiger partial charge in [0.1, 0.15) is 5.82 Å². The molecule has 0 amide bonds. The van der Waals surface area contributed by atoms with Crippen LogP contribution in [0.15, 0.2) is 12.4 Å². The van der Waals surface area contributed by atoms with Gasteiger partial charge in [-0.1, -0.05) is 0 Å². The average Bonchev–Trinajstić information content (AvgIpc) is 2.84. The second kappa shape index (κ2) is 4.38. The van der Waals surface area contributed by atoms with E-state index < -0.39 is 0 Å². The first kappa shape index (κ1) is 10.7. The maximum Gasteiger partial charge on any atom is 0.128 e. The number of aryl methyl sites for hydroxylation is 3. The topological polar surface area (TPSA) is 58.5 Å². The highest BCUT2D eigenvalue weighted by Gasteiger charge is 2.07. The zero-order valence-electron chi connectivity index (χ0n) is 9.91. The van der Waals surface area contributed by atoms with Crippen LogP contribution in [-0.2, 0) is 13.1 Å². The third kappa shape index (κ3) is 1.93. The van der Waals surface area contributed by atoms with E-state index in [1.54, 1.807) is 0 Å². The molecule has 0 unspecified atom stereocenters. The zero-order chi connectivity index (χ0) is 11.5. The number of imidazole rings is 1. The lowest BCUT2D eigenvalue weighted by Crippen LogP contribution is -2.08. The number of hydrogen-bond acceptors (Lipinski definition) is 3. The van der Waals surface area contributed by atoms with Crippen molar-refractivity contribution in [1.82, 2.24) is 19.7 Å². The second-order valence-electron chi connectivity index (χ2n) is 3.79. The van der Waals surface area contributed by atoms with Gasteiger partial charge in [-0.3, -0.25) is 5.10 Å². The Morgan fingerprint density at radius 2 is 2.25 bits per heavy atom. The summed E-state index contributed by atoms with van der Waals surface area (Å²) in [6.07, 6.45) is 3.82. The van der Waals surface area contributed by atoms with Crippen molar-refractivity contribution in [3.63, 3.8) is 0 Å². The number of anilines is 1. The quantitative estimate of drug-likeness (QED) is 0.825. The molecule has 0 atom stereocenters. The molecule has 5 nitrogen and oxygen atoms in total. The Bertz CT molecular complexity index is 449. The molecule has 0 fully saturated rings. The SMILES string of the molecule is CCn1ccnc1CNc1c(C)n[nH]c1C. The van der Waals surface area contributed by atoms with Gasteiger partial charge in [0, 0.05) is 18.9 Å². The molecule has 16 heavy (non-hydrogen) atoms. The number of H-pyrrole nitrogens is 1. The van der Waals surface area contributed by atoms with Gasteiger partial charge in [-0.2, -0.15) is 5.10 Å². The molecule has 0 spiro atoms. The maximum absolute atomic E-state index is 4.32. The van der Waals surface area contributed by atoms with E-state index in [2.05, 4.69) is 32.0 Å². The molecule has 0 radical (unpaired) electrons. The Labute approximate surface area is 94.9 Å². The summed E-state index contributed by atoms with van der Waals surface area (Å²) < 4.78 is 2.12. The Hall–Kier alpha value is -1.78. The van der Waals surface area contributed by atoms with E-state index in [1.165, 1.54) is 0 Å². The Morgan fingerprint density at radius 3 is 2.88 bits per heavy atom. The fourth-order valence-corrected chi connectivity index (χ4v) is 1.77. The van der Waals surface area contributed by atoms with Gasteiger partial charge in [0.15, 0.2) is 0 Å². The molecule has 86 valence electrons. The zero-order valence-corrected chi connectivity index (χ0v) is 9.91. The third-order valence-electron chi connectivity index (χ3n) is 2.69. The van der Waals surface area contributed by atoms with Crippen LogP contribution in [0.4, 0.5) is 5.69 Å². The minimum atomic E-state index is 0.724. The average molecular weight is 219 g/mol. The van der Waals surface area contributed by atoms with Crippen LogP contribution in [0.5, 0.6) is 0 Å². The van der Waals surface area contributed by atoms with Gasteiger partial charge in [-0.25, -0.2) is 4.98 Å². The van der Waals surface area contributed by atoms with Crippen molar-refractivity contribution in [2.75, 3.05) is 5.32 Å². The fourth-order valence-electron chi connectivity index (χ4n) is 1.77. The van der Waals surface area contributed by atoms with E-state index >= 15 is 0 Å². The van der Waals surface area contributed by atoms with Crippen LogP contribution in [0, 0.1) is 13.8 Å². The van der Waals surface area contributed by atoms with E-state index in [4.69, 9.17) is 0 Å². The molecule has 5 heteroatoms. The molecule has 0 bridgehead atoms. The summed E-state index contributed by atoms with van der Waals surface area (Å²) in [5, 5.41) is 10.5. The molecule has 0 aromatic carbocycles. The third-order valence-corrected chi connectivity index (χ3v) is 2.69. The summed E-state index contributed by atoms with van der Waals surface area (Å²) in [7, 11) is 0. The lowest BCUT2D eigenvalue weighted by molar-refractivity contribution is 0.708. The summed E-state index contributed by atoms with van der Waals surface area (Å²) >= 11 is 0. The molecule has 0 aliphatic rings. The molecule has 0 saturated heterocycles. The number of aromatic nitrogens is 4. The summed E-state index contributed by atoms with van der Waals surface area (Å²) in [5.41, 5.74) is 3.13. The van der Waals surface area contributed by atoms with Crippen molar-refractivity contribution in [3.05, 3.63) is 29.6 Å². The monoisotopic (exact) mass is 219 g/mol. The summed E-state index contributed by atoms with van der Waals surface area (Å²) in [5.74, 6) is 1.04. The molecular formula is C11H17N5. The van der Waals surface area contributed by atoms with E-state index in [0.717, 1.165) is 36.0 Å². The van der Waals surface area contributed by atoms with Crippen LogP contribution in [0.2, 0.25) is 0 Å². The van der Waals surface area contributed by atoms with Crippen LogP contribution >= 0.6 is 0 Å². The Morgan fingerprint density at radius 1 is 1.44 bits per heavy atom. The van der Waals surface area contributed by atoms with Crippen molar-refractivity contribution < 1.29 is 0 Å². The van der Waals surface area contributed by atoms with E-state index in [0.29, 0.717) is 0 Å². The van der Waals surface area contributed by atoms with Crippen LogP contribution in [-0.4, -0.2) is 19.7 Å². The number of rotatable bonds is 4. The molecule has 0 aliphatic heterocycles. The normalized spacial score (nSPS) is 10.7. The van der Waals surface area contributed by atoms with Gasteiger partial charge < -0.3 is 9.88 Å². The minimum absolute atomic E-state index is 0.724. The summed E-state index contributed by atoms with van der Waals surface area (Å²) in [6, 6.07) is 0. The Kier molecular flexibility index (Phi) is 2.94. The van der Waals surface area contributed by atoms with Gasteiger partial charge >= 0.3 is 0 Å². The molecule has 2 aromatic rings. The predicted octanol–water partition coefficient (Wildman–Crippen LogP) is 1.86. The lowest BCUT2D eigenvalue weighted by Gasteiger charge is -2.07. The summed E-state index contributed by atoms with van der Waals surface area (Å²) in [6.45, 7) is 7.77. The van der Waals surface area contributed by atoms with Crippen LogP contribution in [0.3, 0.4) is 0 Å². The van der Waals surface area contributed by atoms with Gasteiger partial charge in [-0.15, -0.1) is 0 Å². The first-order valence-electron chi connectivity index (χ1n) is 5.47. The maximum atomic E-state index is 4.32. The van der Waals surface area contributed by atoms with Crippen molar-refractivity contribution in [2.45, 2.75) is 33.9 Å². The molecule has 2 heterocycles. The van der Waals surface area contributed by atoms with Gasteiger partial charge in [0.25, 0.3) is 0 Å². The van der Waals surface area contributed by atoms with Crippen LogP contribution < -0.4 is 5.32 Å². The van der Waals surface area contributed by atoms with E-state index in [9.17, 15) is 0 Å². The number of nitrogens with zero attached hydrogens (tertiary/aromatic N) is 3. The van der Waals surface area contributed by atoms with Crippen LogP contribution in [0.25, 0.3) is 0 Å². The lowest BCUT2D eigenvalue weighted by atomic mass is 10.3. The smallest absolute Gasteiger partial charge is 0.128 e. The molecule has 0 saturated carbocycles. The standard InChI is InChI=1S/C11H17N5/c1-4-16-6-5-12-10(16)7-13-11-8(2)14-15-9(11)3/h5-6,13H,4,7H2,1-3H3,(H,14,15). The van der Waals surface area contributed by atoms with Crippen molar-refractivity contribution >= 4 is 5.69 Å². The fraction of sp³-hybridized carbons (Fsp3) is 0.455. The molecule has 2 rings (SSSR count). The summed E-state index contributed by atoms with van der Waals surface area (Å²) in [4.78, 5) is 4.32. The molecule has 2 N–H and O–H groups in total. The Balaban J connectivity index is 2.08. The van der Waals surface area contributed by atoms with Crippen molar-refractivity contribution in [1.29, 1.82) is 0 Å². The van der Waals surface area contributed by atoms with Gasteiger partial charge in [0.2, 0.25) is 0 Å². The first-order valence-corrected chi connectivity index (χ1v) is 5.47. The second-order valence-corrected chi connectivity index (χ2v) is 3.79. The van der Waals surface area contributed by atoms with E-state index in [1.807, 2.05) is 26.2 Å². The predicted molar refractivity (Wildman–Crippen MR) is 63.3 cm³/mol. The largest absolute Gasteiger partial charge is 0.375 e. The highest BCUT2D eigenvalue weighted by molar-refractivity contribution is 5.51. The minimum Gasteiger partial charge on any atom is -0.375 e. The van der Waals surface area contributed by atoms with E-state index in [-0.39, 0.29) is 0 Å². The van der Waals surface area contributed by atoms with Gasteiger partial charge in [-0.05, 0) is 20.8 Å². The molecular weight excluding hydrogens is 202 g/mol. The number of aromatic amines is 1. The van der Waals surface area contributed by atoms with Crippen LogP contribution in [0.1, 0.15) is 24.1 Å². The number of hydrogen-bond donors (Lipinski definition) is 2. The highest BCUT2D eigenvalue weighted by atomic mass is 15.2. The first-order chi connectivity index (χ1) is 7.72. The van der Waals surface area contributed by atoms with Crippen molar-refractivity contribution in [3.8, 4) is 0 Å². The molecule has 2 aromatic heterocycles. The molecule has 0 aliphatic carbocycles.